The van der Waals surface area contributed by atoms with Gasteiger partial charge in [-0.05, 0) is 55.0 Å². The lowest BCUT2D eigenvalue weighted by atomic mass is 10.1. The Morgan fingerprint density at radius 2 is 1.93 bits per heavy atom. The Balaban J connectivity index is 1.76. The van der Waals surface area contributed by atoms with Gasteiger partial charge in [-0.25, -0.2) is 17.7 Å². The first kappa shape index (κ1) is 21.6. The summed E-state index contributed by atoms with van der Waals surface area (Å²) >= 11 is 7.24. The third kappa shape index (κ3) is 5.08. The van der Waals surface area contributed by atoms with Crippen LogP contribution in [0.1, 0.15) is 5.56 Å². The zero-order valence-electron chi connectivity index (χ0n) is 16.1. The van der Waals surface area contributed by atoms with E-state index >= 15 is 0 Å². The molecule has 0 spiro atoms. The lowest BCUT2D eigenvalue weighted by molar-refractivity contribution is -0.113. The summed E-state index contributed by atoms with van der Waals surface area (Å²) in [5, 5.41) is 4.81. The summed E-state index contributed by atoms with van der Waals surface area (Å²) in [5.41, 5.74) is 2.21. The molecule has 0 unspecified atom stereocenters. The van der Waals surface area contributed by atoms with Gasteiger partial charge >= 0.3 is 0 Å². The van der Waals surface area contributed by atoms with Gasteiger partial charge in [-0.15, -0.1) is 0 Å². The number of hydrogen-bond donors (Lipinski definition) is 1. The van der Waals surface area contributed by atoms with E-state index in [4.69, 9.17) is 11.6 Å². The first-order valence-corrected chi connectivity index (χ1v) is 11.5. The van der Waals surface area contributed by atoms with E-state index in [-0.39, 0.29) is 16.6 Å². The van der Waals surface area contributed by atoms with Crippen molar-refractivity contribution in [3.63, 3.8) is 0 Å². The molecule has 0 aliphatic rings. The predicted molar refractivity (Wildman–Crippen MR) is 118 cm³/mol. The molecule has 2 aromatic carbocycles. The molecule has 0 radical (unpaired) electrons. The molecule has 3 aromatic rings. The number of hydrogen-bond acceptors (Lipinski definition) is 5. The average Bonchev–Trinajstić information content (AvgIpc) is 2.66. The summed E-state index contributed by atoms with van der Waals surface area (Å²) < 4.78 is 25.9. The number of carbonyl (C=O) groups is 1. The normalized spacial score (nSPS) is 11.8. The Hall–Kier alpha value is -2.13. The van der Waals surface area contributed by atoms with E-state index in [9.17, 15) is 13.2 Å². The van der Waals surface area contributed by atoms with Crippen molar-refractivity contribution < 1.29 is 13.2 Å². The van der Waals surface area contributed by atoms with Gasteiger partial charge in [0.15, 0.2) is 0 Å². The maximum absolute atomic E-state index is 12.4. The van der Waals surface area contributed by atoms with Gasteiger partial charge in [-0.2, -0.15) is 0 Å². The zero-order chi connectivity index (χ0) is 21.2. The number of pyridine rings is 1. The highest BCUT2D eigenvalue weighted by Crippen LogP contribution is 2.27. The Bertz CT molecular complexity index is 1180. The van der Waals surface area contributed by atoms with Gasteiger partial charge in [-0.1, -0.05) is 29.4 Å². The molecule has 0 saturated heterocycles. The van der Waals surface area contributed by atoms with Gasteiger partial charge in [0, 0.05) is 30.2 Å². The van der Waals surface area contributed by atoms with E-state index in [0.717, 1.165) is 10.9 Å². The Labute approximate surface area is 179 Å². The number of thioether (sulfide) groups is 1. The zero-order valence-corrected chi connectivity index (χ0v) is 18.5. The predicted octanol–water partition coefficient (Wildman–Crippen LogP) is 4.18. The summed E-state index contributed by atoms with van der Waals surface area (Å²) in [4.78, 5) is 17.0. The number of amides is 1. The molecule has 0 aliphatic carbocycles. The fraction of sp³-hybridized carbons (Fsp3) is 0.200. The number of halogens is 1. The molecule has 6 nitrogen and oxygen atoms in total. The minimum absolute atomic E-state index is 0.163. The first-order chi connectivity index (χ1) is 13.7. The number of aromatic nitrogens is 1. The van der Waals surface area contributed by atoms with Crippen molar-refractivity contribution in [1.29, 1.82) is 0 Å². The van der Waals surface area contributed by atoms with Gasteiger partial charge in [0.2, 0.25) is 15.9 Å². The SMILES string of the molecule is Cc1cc(SCC(=O)Nc2cccc(Cl)c2)nc2ccc(S(=O)(=O)N(C)C)cc12. The summed E-state index contributed by atoms with van der Waals surface area (Å²) in [7, 11) is -0.514. The van der Waals surface area contributed by atoms with Crippen LogP contribution in [-0.4, -0.2) is 43.5 Å². The smallest absolute Gasteiger partial charge is 0.242 e. The van der Waals surface area contributed by atoms with E-state index in [1.807, 2.05) is 13.0 Å². The molecule has 0 atom stereocenters. The quantitative estimate of drug-likeness (QED) is 0.571. The number of fused-ring (bicyclic) bond motifs is 1. The molecule has 152 valence electrons. The Kier molecular flexibility index (Phi) is 6.48. The second kappa shape index (κ2) is 8.71. The van der Waals surface area contributed by atoms with Crippen LogP contribution in [0.15, 0.2) is 58.5 Å². The van der Waals surface area contributed by atoms with Crippen LogP contribution in [0.4, 0.5) is 5.69 Å². The minimum atomic E-state index is -3.51. The molecule has 0 aliphatic heterocycles. The minimum Gasteiger partial charge on any atom is -0.325 e. The molecule has 1 heterocycles. The van der Waals surface area contributed by atoms with Crippen molar-refractivity contribution in [3.8, 4) is 0 Å². The lowest BCUT2D eigenvalue weighted by Gasteiger charge is -2.13. The fourth-order valence-corrected chi connectivity index (χ4v) is 4.58. The molecule has 1 amide bonds. The second-order valence-electron chi connectivity index (χ2n) is 6.59. The maximum atomic E-state index is 12.4. The summed E-state index contributed by atoms with van der Waals surface area (Å²) in [6, 6.07) is 13.7. The monoisotopic (exact) mass is 449 g/mol. The van der Waals surface area contributed by atoms with Crippen molar-refractivity contribution in [2.45, 2.75) is 16.8 Å². The number of nitrogens with one attached hydrogen (secondary N) is 1. The van der Waals surface area contributed by atoms with Crippen LogP contribution in [0.3, 0.4) is 0 Å². The van der Waals surface area contributed by atoms with Crippen LogP contribution in [-0.2, 0) is 14.8 Å². The number of sulfonamides is 1. The van der Waals surface area contributed by atoms with Crippen LogP contribution in [0.25, 0.3) is 10.9 Å². The molecule has 0 saturated carbocycles. The fourth-order valence-electron chi connectivity index (χ4n) is 2.69. The number of carbonyl (C=O) groups excluding carboxylic acids is 1. The van der Waals surface area contributed by atoms with Gasteiger partial charge in [0.25, 0.3) is 0 Å². The molecule has 0 fully saturated rings. The van der Waals surface area contributed by atoms with E-state index in [0.29, 0.717) is 21.3 Å². The van der Waals surface area contributed by atoms with E-state index in [1.54, 1.807) is 42.5 Å². The molecule has 29 heavy (non-hydrogen) atoms. The standard InChI is InChI=1S/C20H20ClN3O3S2/c1-13-9-20(28-12-19(25)22-15-6-4-5-14(21)10-15)23-18-8-7-16(11-17(13)18)29(26,27)24(2)3/h4-11H,12H2,1-3H3,(H,22,25). The third-order valence-corrected chi connectivity index (χ3v) is 7.16. The first-order valence-electron chi connectivity index (χ1n) is 8.69. The molecule has 1 N–H and O–H groups in total. The Morgan fingerprint density at radius 3 is 2.62 bits per heavy atom. The summed E-state index contributed by atoms with van der Waals surface area (Å²) in [6.07, 6.45) is 0. The molecule has 1 aromatic heterocycles. The second-order valence-corrected chi connectivity index (χ2v) is 10.2. The maximum Gasteiger partial charge on any atom is 0.242 e. The van der Waals surface area contributed by atoms with E-state index < -0.39 is 10.0 Å². The van der Waals surface area contributed by atoms with Crippen molar-refractivity contribution in [2.24, 2.45) is 0 Å². The Morgan fingerprint density at radius 1 is 1.17 bits per heavy atom. The third-order valence-electron chi connectivity index (χ3n) is 4.20. The van der Waals surface area contributed by atoms with Crippen LogP contribution < -0.4 is 5.32 Å². The van der Waals surface area contributed by atoms with Gasteiger partial charge in [0.1, 0.15) is 0 Å². The topological polar surface area (TPSA) is 79.4 Å². The number of benzene rings is 2. The van der Waals surface area contributed by atoms with Crippen molar-refractivity contribution in [1.82, 2.24) is 9.29 Å². The summed E-state index contributed by atoms with van der Waals surface area (Å²) in [6.45, 7) is 1.90. The lowest BCUT2D eigenvalue weighted by Crippen LogP contribution is -2.22. The van der Waals surface area contributed by atoms with Gasteiger partial charge < -0.3 is 5.32 Å². The van der Waals surface area contributed by atoms with E-state index in [1.165, 1.54) is 30.2 Å². The van der Waals surface area contributed by atoms with Crippen molar-refractivity contribution in [2.75, 3.05) is 25.2 Å². The van der Waals surface area contributed by atoms with E-state index in [2.05, 4.69) is 10.3 Å². The van der Waals surface area contributed by atoms with Crippen molar-refractivity contribution in [3.05, 3.63) is 59.1 Å². The number of rotatable bonds is 6. The molecular formula is C20H20ClN3O3S2. The van der Waals surface area contributed by atoms with Crippen LogP contribution in [0, 0.1) is 6.92 Å². The van der Waals surface area contributed by atoms with Crippen LogP contribution in [0.5, 0.6) is 0 Å². The van der Waals surface area contributed by atoms with Gasteiger partial charge in [-0.3, -0.25) is 4.79 Å². The van der Waals surface area contributed by atoms with Gasteiger partial charge in [0.05, 0.1) is 21.2 Å². The largest absolute Gasteiger partial charge is 0.325 e. The average molecular weight is 450 g/mol. The molecule has 9 heteroatoms. The van der Waals surface area contributed by atoms with Crippen LogP contribution >= 0.6 is 23.4 Å². The molecular weight excluding hydrogens is 430 g/mol. The number of anilines is 1. The summed E-state index contributed by atoms with van der Waals surface area (Å²) in [5.74, 6) is 0.0293. The number of nitrogens with zero attached hydrogens (tertiary/aromatic N) is 2. The van der Waals surface area contributed by atoms with Crippen molar-refractivity contribution >= 4 is 55.9 Å². The highest BCUT2D eigenvalue weighted by molar-refractivity contribution is 7.99. The number of aryl methyl sites for hydroxylation is 1. The highest BCUT2D eigenvalue weighted by Gasteiger charge is 2.18. The highest BCUT2D eigenvalue weighted by atomic mass is 35.5. The van der Waals surface area contributed by atoms with Crippen LogP contribution in [0.2, 0.25) is 5.02 Å². The molecule has 0 bridgehead atoms. The molecule has 3 rings (SSSR count).